The summed E-state index contributed by atoms with van der Waals surface area (Å²) in [5.41, 5.74) is 2.75. The van der Waals surface area contributed by atoms with Crippen molar-refractivity contribution in [3.05, 3.63) is 60.2 Å². The Hall–Kier alpha value is -2.00. The molecule has 2 aromatic rings. The van der Waals surface area contributed by atoms with Crippen LogP contribution in [0.4, 0.5) is 5.69 Å². The number of piperidine rings is 1. The SMILES string of the molecule is COc1ccc(NC2CCN([C@@H]3CCCC[C@@H]3c3ccccc3)CC2)cc1. The summed E-state index contributed by atoms with van der Waals surface area (Å²) in [6, 6.07) is 20.8. The lowest BCUT2D eigenvalue weighted by atomic mass is 9.78. The van der Waals surface area contributed by atoms with E-state index in [1.165, 1.54) is 57.3 Å². The molecule has 1 aliphatic carbocycles. The van der Waals surface area contributed by atoms with Gasteiger partial charge < -0.3 is 10.1 Å². The van der Waals surface area contributed by atoms with Crippen LogP contribution in [0.25, 0.3) is 0 Å². The van der Waals surface area contributed by atoms with Crippen molar-refractivity contribution in [2.75, 3.05) is 25.5 Å². The van der Waals surface area contributed by atoms with Gasteiger partial charge in [0.1, 0.15) is 5.75 Å². The van der Waals surface area contributed by atoms with E-state index in [2.05, 4.69) is 52.7 Å². The maximum absolute atomic E-state index is 5.25. The number of ether oxygens (including phenoxy) is 1. The van der Waals surface area contributed by atoms with E-state index >= 15 is 0 Å². The highest BCUT2D eigenvalue weighted by Crippen LogP contribution is 2.37. The Morgan fingerprint density at radius 1 is 0.852 bits per heavy atom. The molecule has 3 heteroatoms. The summed E-state index contributed by atoms with van der Waals surface area (Å²) in [4.78, 5) is 2.78. The number of hydrogen-bond donors (Lipinski definition) is 1. The van der Waals surface area contributed by atoms with Gasteiger partial charge >= 0.3 is 0 Å². The minimum Gasteiger partial charge on any atom is -0.497 e. The van der Waals surface area contributed by atoms with E-state index < -0.39 is 0 Å². The van der Waals surface area contributed by atoms with Crippen LogP contribution in [0.15, 0.2) is 54.6 Å². The molecule has 1 saturated carbocycles. The van der Waals surface area contributed by atoms with Crippen molar-refractivity contribution in [2.24, 2.45) is 0 Å². The van der Waals surface area contributed by atoms with Crippen LogP contribution < -0.4 is 10.1 Å². The first-order valence-corrected chi connectivity index (χ1v) is 10.5. The van der Waals surface area contributed by atoms with E-state index in [-0.39, 0.29) is 0 Å². The van der Waals surface area contributed by atoms with Crippen molar-refractivity contribution in [1.29, 1.82) is 0 Å². The molecule has 0 spiro atoms. The van der Waals surface area contributed by atoms with Crippen molar-refractivity contribution < 1.29 is 4.74 Å². The van der Waals surface area contributed by atoms with Gasteiger partial charge in [-0.15, -0.1) is 0 Å². The highest BCUT2D eigenvalue weighted by atomic mass is 16.5. The van der Waals surface area contributed by atoms with E-state index in [0.29, 0.717) is 12.0 Å². The largest absolute Gasteiger partial charge is 0.497 e. The van der Waals surface area contributed by atoms with Gasteiger partial charge in [-0.25, -0.2) is 0 Å². The van der Waals surface area contributed by atoms with Gasteiger partial charge in [-0.3, -0.25) is 4.90 Å². The molecule has 4 rings (SSSR count). The van der Waals surface area contributed by atoms with Crippen molar-refractivity contribution in [3.63, 3.8) is 0 Å². The fourth-order valence-electron chi connectivity index (χ4n) is 4.94. The number of likely N-dealkylation sites (tertiary alicyclic amines) is 1. The molecule has 2 aromatic carbocycles. The topological polar surface area (TPSA) is 24.5 Å². The highest BCUT2D eigenvalue weighted by molar-refractivity contribution is 5.47. The first-order valence-electron chi connectivity index (χ1n) is 10.5. The van der Waals surface area contributed by atoms with Crippen LogP contribution in [-0.2, 0) is 0 Å². The van der Waals surface area contributed by atoms with Gasteiger partial charge in [0.15, 0.2) is 0 Å². The standard InChI is InChI=1S/C24H32N2O/c1-27-22-13-11-20(12-14-22)25-21-15-17-26(18-16-21)24-10-6-5-9-23(24)19-7-3-2-4-8-19/h2-4,7-8,11-14,21,23-25H,5-6,9-10,15-18H2,1H3/t23-,24-/m1/s1. The smallest absolute Gasteiger partial charge is 0.119 e. The Labute approximate surface area is 163 Å². The second-order valence-corrected chi connectivity index (χ2v) is 8.05. The molecule has 0 amide bonds. The van der Waals surface area contributed by atoms with Gasteiger partial charge in [0.05, 0.1) is 7.11 Å². The highest BCUT2D eigenvalue weighted by Gasteiger charge is 2.33. The molecular weight excluding hydrogens is 332 g/mol. The van der Waals surface area contributed by atoms with Gasteiger partial charge in [0, 0.05) is 30.9 Å². The van der Waals surface area contributed by atoms with Crippen LogP contribution in [0, 0.1) is 0 Å². The number of hydrogen-bond acceptors (Lipinski definition) is 3. The normalized spacial score (nSPS) is 24.5. The summed E-state index contributed by atoms with van der Waals surface area (Å²) in [6.07, 6.45) is 7.92. The second-order valence-electron chi connectivity index (χ2n) is 8.05. The van der Waals surface area contributed by atoms with Crippen molar-refractivity contribution in [2.45, 2.75) is 56.5 Å². The van der Waals surface area contributed by atoms with E-state index in [9.17, 15) is 0 Å². The lowest BCUT2D eigenvalue weighted by Crippen LogP contribution is -2.47. The van der Waals surface area contributed by atoms with Crippen LogP contribution in [-0.4, -0.2) is 37.2 Å². The Balaban J connectivity index is 1.34. The van der Waals surface area contributed by atoms with Gasteiger partial charge in [-0.1, -0.05) is 43.2 Å². The van der Waals surface area contributed by atoms with Crippen molar-refractivity contribution in [3.8, 4) is 5.75 Å². The molecule has 0 bridgehead atoms. The zero-order chi connectivity index (χ0) is 18.5. The summed E-state index contributed by atoms with van der Waals surface area (Å²) < 4.78 is 5.25. The van der Waals surface area contributed by atoms with Gasteiger partial charge in [-0.2, -0.15) is 0 Å². The monoisotopic (exact) mass is 364 g/mol. The zero-order valence-electron chi connectivity index (χ0n) is 16.4. The van der Waals surface area contributed by atoms with Gasteiger partial charge in [0.25, 0.3) is 0 Å². The summed E-state index contributed by atoms with van der Waals surface area (Å²) >= 11 is 0. The minimum absolute atomic E-state index is 0.577. The Kier molecular flexibility index (Phi) is 5.98. The third-order valence-electron chi connectivity index (χ3n) is 6.42. The first kappa shape index (κ1) is 18.4. The lowest BCUT2D eigenvalue weighted by Gasteiger charge is -2.44. The number of rotatable bonds is 5. The lowest BCUT2D eigenvalue weighted by molar-refractivity contribution is 0.109. The minimum atomic E-state index is 0.577. The maximum Gasteiger partial charge on any atom is 0.119 e. The molecule has 1 saturated heterocycles. The molecule has 1 aliphatic heterocycles. The predicted molar refractivity (Wildman–Crippen MR) is 113 cm³/mol. The molecular formula is C24H32N2O. The fourth-order valence-corrected chi connectivity index (χ4v) is 4.94. The summed E-state index contributed by atoms with van der Waals surface area (Å²) in [7, 11) is 1.71. The molecule has 0 unspecified atom stereocenters. The van der Waals surface area contributed by atoms with Gasteiger partial charge in [-0.05, 0) is 61.4 Å². The van der Waals surface area contributed by atoms with E-state index in [4.69, 9.17) is 4.74 Å². The molecule has 3 nitrogen and oxygen atoms in total. The molecule has 2 atom stereocenters. The van der Waals surface area contributed by atoms with Crippen molar-refractivity contribution >= 4 is 5.69 Å². The summed E-state index contributed by atoms with van der Waals surface area (Å²) in [6.45, 7) is 2.42. The number of benzene rings is 2. The van der Waals surface area contributed by atoms with Crippen LogP contribution in [0.5, 0.6) is 5.75 Å². The molecule has 1 N–H and O–H groups in total. The molecule has 144 valence electrons. The number of nitrogens with one attached hydrogen (secondary N) is 1. The molecule has 2 fully saturated rings. The molecule has 0 aromatic heterocycles. The third-order valence-corrected chi connectivity index (χ3v) is 6.42. The third kappa shape index (κ3) is 4.47. The maximum atomic E-state index is 5.25. The van der Waals surface area contributed by atoms with Crippen LogP contribution in [0.3, 0.4) is 0 Å². The van der Waals surface area contributed by atoms with Crippen LogP contribution in [0.1, 0.15) is 50.0 Å². The number of methoxy groups -OCH3 is 1. The zero-order valence-corrected chi connectivity index (χ0v) is 16.4. The Bertz CT molecular complexity index is 692. The van der Waals surface area contributed by atoms with Gasteiger partial charge in [0.2, 0.25) is 0 Å². The fraction of sp³-hybridized carbons (Fsp3) is 0.500. The van der Waals surface area contributed by atoms with Crippen molar-refractivity contribution in [1.82, 2.24) is 4.90 Å². The van der Waals surface area contributed by atoms with E-state index in [0.717, 1.165) is 11.8 Å². The summed E-state index contributed by atoms with van der Waals surface area (Å²) in [5, 5.41) is 3.72. The average molecular weight is 365 g/mol. The van der Waals surface area contributed by atoms with E-state index in [1.807, 2.05) is 12.1 Å². The molecule has 2 aliphatic rings. The van der Waals surface area contributed by atoms with E-state index in [1.54, 1.807) is 12.7 Å². The Morgan fingerprint density at radius 3 is 2.26 bits per heavy atom. The Morgan fingerprint density at radius 2 is 1.56 bits per heavy atom. The predicted octanol–water partition coefficient (Wildman–Crippen LogP) is 5.30. The second kappa shape index (κ2) is 8.79. The van der Waals surface area contributed by atoms with Crippen LogP contribution in [0.2, 0.25) is 0 Å². The summed E-state index contributed by atoms with van der Waals surface area (Å²) in [5.74, 6) is 1.63. The number of nitrogens with zero attached hydrogens (tertiary/aromatic N) is 1. The quantitative estimate of drug-likeness (QED) is 0.779. The average Bonchev–Trinajstić information content (AvgIpc) is 2.75. The molecule has 1 heterocycles. The van der Waals surface area contributed by atoms with Crippen LogP contribution >= 0.6 is 0 Å². The first-order chi connectivity index (χ1) is 13.3. The molecule has 27 heavy (non-hydrogen) atoms. The molecule has 0 radical (unpaired) electrons. The number of anilines is 1.